The number of carbonyl (C=O) groups excluding carboxylic acids is 5. The van der Waals surface area contributed by atoms with Crippen LogP contribution in [0, 0.1) is 23.7 Å². The maximum atomic E-state index is 12.6. The van der Waals surface area contributed by atoms with Gasteiger partial charge in [0.25, 0.3) is 0 Å². The topological polar surface area (TPSA) is 183 Å². The van der Waals surface area contributed by atoms with E-state index in [1.807, 2.05) is 13.8 Å². The predicted molar refractivity (Wildman–Crippen MR) is 172 cm³/mol. The highest BCUT2D eigenvalue weighted by Crippen LogP contribution is 2.40. The maximum Gasteiger partial charge on any atom is 0.305 e. The quantitative estimate of drug-likeness (QED) is 0.224. The van der Waals surface area contributed by atoms with Crippen LogP contribution in [0.4, 0.5) is 0 Å². The van der Waals surface area contributed by atoms with E-state index >= 15 is 0 Å². The molecule has 3 rings (SSSR count). The fourth-order valence-electron chi connectivity index (χ4n) is 7.02. The van der Waals surface area contributed by atoms with Crippen molar-refractivity contribution in [1.29, 1.82) is 0 Å². The highest BCUT2D eigenvalue weighted by molar-refractivity contribution is 5.74. The molecule has 6 unspecified atom stereocenters. The Balaban J connectivity index is 2.01. The zero-order valence-corrected chi connectivity index (χ0v) is 30.6. The Morgan fingerprint density at radius 3 is 1.59 bits per heavy atom. The number of carbonyl (C=O) groups is 5. The molecule has 2 N–H and O–H groups in total. The zero-order valence-electron chi connectivity index (χ0n) is 30.6. The Morgan fingerprint density at radius 2 is 1.06 bits per heavy atom. The summed E-state index contributed by atoms with van der Waals surface area (Å²) in [5.74, 6) is -2.54. The monoisotopic (exact) mass is 700 g/mol. The Hall–Kier alpha value is -2.85. The van der Waals surface area contributed by atoms with Crippen molar-refractivity contribution in [2.45, 2.75) is 157 Å². The molecule has 3 aliphatic rings. The summed E-state index contributed by atoms with van der Waals surface area (Å²) >= 11 is 0. The Kier molecular flexibility index (Phi) is 14.8. The molecule has 0 aromatic heterocycles. The molecule has 49 heavy (non-hydrogen) atoms. The molecule has 15 heteroatoms. The van der Waals surface area contributed by atoms with Crippen LogP contribution in [0.15, 0.2) is 0 Å². The van der Waals surface area contributed by atoms with Gasteiger partial charge in [0.1, 0.15) is 24.9 Å². The molecule has 15 atom stereocenters. The lowest BCUT2D eigenvalue weighted by Crippen LogP contribution is -2.69. The first-order valence-electron chi connectivity index (χ1n) is 17.3. The highest BCUT2D eigenvalue weighted by atomic mass is 16.8. The van der Waals surface area contributed by atoms with Crippen LogP contribution in [0.25, 0.3) is 0 Å². The molecule has 0 aromatic carbocycles. The Labute approximate surface area is 289 Å². The molecule has 3 fully saturated rings. The first kappa shape index (κ1) is 40.6. The maximum absolute atomic E-state index is 12.6. The molecule has 0 bridgehead atoms. The second kappa shape index (κ2) is 17.9. The second-order valence-electron chi connectivity index (χ2n) is 13.5. The molecule has 0 aromatic rings. The Morgan fingerprint density at radius 1 is 0.531 bits per heavy atom. The number of hydrogen-bond acceptors (Lipinski definition) is 13. The number of hydrogen-bond donors (Lipinski definition) is 2. The van der Waals surface area contributed by atoms with Gasteiger partial charge in [0.2, 0.25) is 18.1 Å². The van der Waals surface area contributed by atoms with Gasteiger partial charge < -0.3 is 48.5 Å². The molecule has 280 valence electrons. The van der Waals surface area contributed by atoms with Gasteiger partial charge in [-0.2, -0.15) is 0 Å². The van der Waals surface area contributed by atoms with Crippen LogP contribution >= 0.6 is 0 Å². The van der Waals surface area contributed by atoms with Crippen molar-refractivity contribution in [2.24, 2.45) is 23.7 Å². The lowest BCUT2D eigenvalue weighted by molar-refractivity contribution is -0.342. The highest BCUT2D eigenvalue weighted by Gasteiger charge is 2.55. The van der Waals surface area contributed by atoms with Gasteiger partial charge in [-0.3, -0.25) is 24.0 Å². The van der Waals surface area contributed by atoms with Gasteiger partial charge in [0, 0.05) is 46.5 Å². The van der Waals surface area contributed by atoms with Crippen LogP contribution in [0.2, 0.25) is 0 Å². The fourth-order valence-corrected chi connectivity index (χ4v) is 7.02. The summed E-state index contributed by atoms with van der Waals surface area (Å²) in [5, 5.41) is 5.58. The predicted octanol–water partition coefficient (Wildman–Crippen LogP) is 2.36. The van der Waals surface area contributed by atoms with E-state index in [4.69, 9.17) is 37.9 Å². The standard InChI is InChI=1S/C34H56N2O13/c1-12-24-16(4)15(3)17(5)32(45-24)48-29-18(6)27(35-19(7)37)33(46-25(29)13-2)49-30-26(14-42-21(9)39)47-34(44-23(11)41)28(36-20(8)38)31(30)43-22(10)40/h15-18,24-34H,12-14H2,1-11H3,(H,35,37)(H,36,38)/t15-,16-,17?,18+,24?,25?,26?,27?,28?,29-,30+,31+,32-,33-,34-/m0/s1. The third-order valence-electron chi connectivity index (χ3n) is 9.85. The van der Waals surface area contributed by atoms with Crippen molar-refractivity contribution in [3.05, 3.63) is 0 Å². The van der Waals surface area contributed by atoms with E-state index in [0.29, 0.717) is 18.3 Å². The van der Waals surface area contributed by atoms with Crippen LogP contribution in [-0.2, 0) is 61.9 Å². The van der Waals surface area contributed by atoms with E-state index < -0.39 is 85.3 Å². The third kappa shape index (κ3) is 10.3. The van der Waals surface area contributed by atoms with Crippen molar-refractivity contribution < 1.29 is 61.9 Å². The number of ether oxygens (including phenoxy) is 8. The number of rotatable bonds is 12. The van der Waals surface area contributed by atoms with E-state index in [2.05, 4.69) is 38.3 Å². The summed E-state index contributed by atoms with van der Waals surface area (Å²) in [7, 11) is 0. The fraction of sp³-hybridized carbons (Fsp3) is 0.853. The lowest BCUT2D eigenvalue weighted by atomic mass is 9.78. The van der Waals surface area contributed by atoms with Gasteiger partial charge in [-0.25, -0.2) is 0 Å². The summed E-state index contributed by atoms with van der Waals surface area (Å²) in [6.07, 6.45) is -6.43. The minimum absolute atomic E-state index is 0.0318. The number of esters is 3. The van der Waals surface area contributed by atoms with Crippen molar-refractivity contribution in [2.75, 3.05) is 6.61 Å². The van der Waals surface area contributed by atoms with Crippen molar-refractivity contribution in [1.82, 2.24) is 10.6 Å². The van der Waals surface area contributed by atoms with Crippen LogP contribution in [-0.4, -0.2) is 104 Å². The van der Waals surface area contributed by atoms with Gasteiger partial charge in [0.15, 0.2) is 18.7 Å². The average molecular weight is 701 g/mol. The smallest absolute Gasteiger partial charge is 0.305 e. The van der Waals surface area contributed by atoms with E-state index in [-0.39, 0.29) is 30.5 Å². The molecule has 3 saturated heterocycles. The van der Waals surface area contributed by atoms with Crippen LogP contribution in [0.5, 0.6) is 0 Å². The summed E-state index contributed by atoms with van der Waals surface area (Å²) < 4.78 is 48.7. The largest absolute Gasteiger partial charge is 0.463 e. The van der Waals surface area contributed by atoms with E-state index in [0.717, 1.165) is 13.3 Å². The normalized spacial score (nSPS) is 39.3. The third-order valence-corrected chi connectivity index (χ3v) is 9.85. The molecule has 2 amide bonds. The Bertz CT molecular complexity index is 1170. The number of nitrogens with one attached hydrogen (secondary N) is 2. The molecule has 15 nitrogen and oxygen atoms in total. The average Bonchev–Trinajstić information content (AvgIpc) is 3.00. The molecule has 0 saturated carbocycles. The summed E-state index contributed by atoms with van der Waals surface area (Å²) in [6, 6.07) is -2.00. The van der Waals surface area contributed by atoms with Crippen molar-refractivity contribution in [3.8, 4) is 0 Å². The van der Waals surface area contributed by atoms with Gasteiger partial charge >= 0.3 is 17.9 Å². The van der Waals surface area contributed by atoms with Gasteiger partial charge in [-0.1, -0.05) is 41.5 Å². The summed E-state index contributed by atoms with van der Waals surface area (Å²) in [4.78, 5) is 61.3. The molecule has 0 aliphatic carbocycles. The molecule has 3 heterocycles. The first-order valence-corrected chi connectivity index (χ1v) is 17.3. The van der Waals surface area contributed by atoms with Crippen molar-refractivity contribution in [3.63, 3.8) is 0 Å². The van der Waals surface area contributed by atoms with E-state index in [1.54, 1.807) is 0 Å². The van der Waals surface area contributed by atoms with Gasteiger partial charge in [0.05, 0.1) is 24.4 Å². The zero-order chi connectivity index (χ0) is 36.7. The SMILES string of the molecule is CCC1O[C@@H](O[C@@H]2C(CC)O[C@@H](O[C@@H]3C(COC(C)=O)O[C@H](OC(C)=O)C(NC(C)=O)[C@H]3OC(C)=O)C(NC(C)=O)[C@H]2C)C(C)[C@@H](C)[C@@H]1C. The molecule has 0 radical (unpaired) electrons. The van der Waals surface area contributed by atoms with Crippen LogP contribution in [0.1, 0.15) is 89.0 Å². The minimum Gasteiger partial charge on any atom is -0.463 e. The summed E-state index contributed by atoms with van der Waals surface area (Å²) in [6.45, 7) is 18.2. The van der Waals surface area contributed by atoms with Crippen molar-refractivity contribution >= 4 is 29.7 Å². The van der Waals surface area contributed by atoms with Crippen LogP contribution in [0.3, 0.4) is 0 Å². The van der Waals surface area contributed by atoms with Gasteiger partial charge in [-0.15, -0.1) is 0 Å². The number of amides is 2. The van der Waals surface area contributed by atoms with E-state index in [9.17, 15) is 24.0 Å². The molecule has 3 aliphatic heterocycles. The molecular formula is C34H56N2O13. The van der Waals surface area contributed by atoms with Crippen LogP contribution < -0.4 is 10.6 Å². The first-order chi connectivity index (χ1) is 23.0. The minimum atomic E-state index is -1.43. The van der Waals surface area contributed by atoms with Gasteiger partial charge in [-0.05, 0) is 24.7 Å². The lowest BCUT2D eigenvalue weighted by Gasteiger charge is -2.51. The molecular weight excluding hydrogens is 644 g/mol. The summed E-state index contributed by atoms with van der Waals surface area (Å²) in [5.41, 5.74) is 0. The second-order valence-corrected chi connectivity index (χ2v) is 13.5. The molecule has 0 spiro atoms. The van der Waals surface area contributed by atoms with E-state index in [1.165, 1.54) is 27.7 Å².